The van der Waals surface area contributed by atoms with E-state index >= 15 is 0 Å². The van der Waals surface area contributed by atoms with Crippen LogP contribution in [0.1, 0.15) is 72.1 Å². The van der Waals surface area contributed by atoms with Crippen molar-refractivity contribution in [3.8, 4) is 0 Å². The SMILES string of the molecule is CCCCCCC(CCCC)C(C)CSC. The summed E-state index contributed by atoms with van der Waals surface area (Å²) in [5, 5.41) is 0. The molecular formula is C15H32S. The van der Waals surface area contributed by atoms with Crippen molar-refractivity contribution in [2.24, 2.45) is 11.8 Å². The molecule has 0 radical (unpaired) electrons. The minimum absolute atomic E-state index is 0.920. The Labute approximate surface area is 108 Å². The Morgan fingerprint density at radius 3 is 2.06 bits per heavy atom. The molecule has 0 amide bonds. The number of thioether (sulfide) groups is 1. The Hall–Kier alpha value is 0.350. The van der Waals surface area contributed by atoms with Crippen LogP contribution in [0.25, 0.3) is 0 Å². The van der Waals surface area contributed by atoms with Gasteiger partial charge in [0.25, 0.3) is 0 Å². The maximum Gasteiger partial charge on any atom is -0.00419 e. The van der Waals surface area contributed by atoms with Gasteiger partial charge in [0, 0.05) is 0 Å². The largest absolute Gasteiger partial charge is 0.165 e. The zero-order valence-corrected chi connectivity index (χ0v) is 12.7. The second kappa shape index (κ2) is 11.8. The standard InChI is InChI=1S/C15H32S/c1-5-7-9-10-12-15(11-8-6-2)14(3)13-16-4/h14-15H,5-13H2,1-4H3. The topological polar surface area (TPSA) is 0 Å². The lowest BCUT2D eigenvalue weighted by Crippen LogP contribution is -2.14. The summed E-state index contributed by atoms with van der Waals surface area (Å²) in [6, 6.07) is 0. The third kappa shape index (κ3) is 8.50. The summed E-state index contributed by atoms with van der Waals surface area (Å²) in [5.41, 5.74) is 0. The fourth-order valence-electron chi connectivity index (χ4n) is 2.41. The molecule has 0 aromatic rings. The average molecular weight is 244 g/mol. The molecule has 0 fully saturated rings. The van der Waals surface area contributed by atoms with Crippen LogP contribution in [-0.4, -0.2) is 12.0 Å². The van der Waals surface area contributed by atoms with Crippen molar-refractivity contribution in [2.45, 2.75) is 72.1 Å². The van der Waals surface area contributed by atoms with E-state index < -0.39 is 0 Å². The summed E-state index contributed by atoms with van der Waals surface area (Å²) < 4.78 is 0. The van der Waals surface area contributed by atoms with Crippen LogP contribution in [0.15, 0.2) is 0 Å². The van der Waals surface area contributed by atoms with Crippen molar-refractivity contribution < 1.29 is 0 Å². The third-order valence-electron chi connectivity index (χ3n) is 3.59. The highest BCUT2D eigenvalue weighted by molar-refractivity contribution is 7.98. The molecular weight excluding hydrogens is 212 g/mol. The molecule has 0 rings (SSSR count). The molecule has 2 atom stereocenters. The van der Waals surface area contributed by atoms with Crippen LogP contribution in [0, 0.1) is 11.8 Å². The Morgan fingerprint density at radius 2 is 1.50 bits per heavy atom. The number of unbranched alkanes of at least 4 members (excludes halogenated alkanes) is 4. The number of hydrogen-bond donors (Lipinski definition) is 0. The molecule has 16 heavy (non-hydrogen) atoms. The van der Waals surface area contributed by atoms with Gasteiger partial charge in [-0.2, -0.15) is 11.8 Å². The maximum atomic E-state index is 2.46. The summed E-state index contributed by atoms with van der Waals surface area (Å²) >= 11 is 2.02. The van der Waals surface area contributed by atoms with Crippen LogP contribution in [0.4, 0.5) is 0 Å². The quantitative estimate of drug-likeness (QED) is 0.416. The van der Waals surface area contributed by atoms with E-state index in [1.165, 1.54) is 57.1 Å². The van der Waals surface area contributed by atoms with E-state index in [9.17, 15) is 0 Å². The van der Waals surface area contributed by atoms with Crippen molar-refractivity contribution in [3.63, 3.8) is 0 Å². The van der Waals surface area contributed by atoms with Crippen molar-refractivity contribution in [1.29, 1.82) is 0 Å². The van der Waals surface area contributed by atoms with Crippen molar-refractivity contribution >= 4 is 11.8 Å². The Kier molecular flexibility index (Phi) is 12.1. The van der Waals surface area contributed by atoms with Crippen LogP contribution in [0.5, 0.6) is 0 Å². The van der Waals surface area contributed by atoms with E-state index in [0.717, 1.165) is 11.8 Å². The Morgan fingerprint density at radius 1 is 0.875 bits per heavy atom. The normalized spacial score (nSPS) is 15.0. The molecule has 0 aromatic carbocycles. The molecule has 1 heteroatoms. The van der Waals surface area contributed by atoms with E-state index in [-0.39, 0.29) is 0 Å². The van der Waals surface area contributed by atoms with Gasteiger partial charge in [0.05, 0.1) is 0 Å². The van der Waals surface area contributed by atoms with Crippen molar-refractivity contribution in [2.75, 3.05) is 12.0 Å². The summed E-state index contributed by atoms with van der Waals surface area (Å²) in [6.07, 6.45) is 13.7. The Balaban J connectivity index is 3.79. The minimum Gasteiger partial charge on any atom is -0.165 e. The lowest BCUT2D eigenvalue weighted by atomic mass is 9.86. The first-order valence-corrected chi connectivity index (χ1v) is 8.64. The number of rotatable bonds is 11. The molecule has 0 saturated heterocycles. The van der Waals surface area contributed by atoms with Gasteiger partial charge < -0.3 is 0 Å². The van der Waals surface area contributed by atoms with E-state index in [1.807, 2.05) is 11.8 Å². The highest BCUT2D eigenvalue weighted by Crippen LogP contribution is 2.27. The van der Waals surface area contributed by atoms with Crippen LogP contribution in [0.2, 0.25) is 0 Å². The second-order valence-corrected chi connectivity index (χ2v) is 6.09. The number of hydrogen-bond acceptors (Lipinski definition) is 1. The van der Waals surface area contributed by atoms with E-state index in [1.54, 1.807) is 0 Å². The molecule has 0 bridgehead atoms. The molecule has 0 aliphatic carbocycles. The minimum atomic E-state index is 0.920. The summed E-state index contributed by atoms with van der Waals surface area (Å²) in [4.78, 5) is 0. The molecule has 0 heterocycles. The van der Waals surface area contributed by atoms with Crippen LogP contribution in [0.3, 0.4) is 0 Å². The van der Waals surface area contributed by atoms with Gasteiger partial charge in [-0.1, -0.05) is 72.1 Å². The van der Waals surface area contributed by atoms with Gasteiger partial charge in [-0.25, -0.2) is 0 Å². The average Bonchev–Trinajstić information content (AvgIpc) is 2.28. The molecule has 0 N–H and O–H groups in total. The highest BCUT2D eigenvalue weighted by atomic mass is 32.2. The monoisotopic (exact) mass is 244 g/mol. The summed E-state index contributed by atoms with van der Waals surface area (Å²) in [7, 11) is 0. The summed E-state index contributed by atoms with van der Waals surface area (Å²) in [5.74, 6) is 3.26. The molecule has 98 valence electrons. The lowest BCUT2D eigenvalue weighted by molar-refractivity contribution is 0.321. The molecule has 2 unspecified atom stereocenters. The van der Waals surface area contributed by atoms with Gasteiger partial charge in [0.15, 0.2) is 0 Å². The first-order valence-electron chi connectivity index (χ1n) is 7.25. The lowest BCUT2D eigenvalue weighted by Gasteiger charge is -2.23. The predicted octanol–water partition coefficient (Wildman–Crippen LogP) is 5.76. The smallest absolute Gasteiger partial charge is 0.00419 e. The van der Waals surface area contributed by atoms with Gasteiger partial charge >= 0.3 is 0 Å². The van der Waals surface area contributed by atoms with Crippen LogP contribution >= 0.6 is 11.8 Å². The molecule has 0 spiro atoms. The molecule has 0 nitrogen and oxygen atoms in total. The zero-order valence-electron chi connectivity index (χ0n) is 11.9. The maximum absolute atomic E-state index is 2.46. The van der Waals surface area contributed by atoms with Gasteiger partial charge in [0.2, 0.25) is 0 Å². The first kappa shape index (κ1) is 16.4. The van der Waals surface area contributed by atoms with Gasteiger partial charge in [-0.15, -0.1) is 0 Å². The second-order valence-electron chi connectivity index (χ2n) is 5.18. The van der Waals surface area contributed by atoms with Gasteiger partial charge in [0.1, 0.15) is 0 Å². The molecule has 0 aliphatic rings. The zero-order chi connectivity index (χ0) is 12.2. The van der Waals surface area contributed by atoms with E-state index in [2.05, 4.69) is 27.0 Å². The van der Waals surface area contributed by atoms with Crippen molar-refractivity contribution in [1.82, 2.24) is 0 Å². The van der Waals surface area contributed by atoms with Crippen LogP contribution in [-0.2, 0) is 0 Å². The van der Waals surface area contributed by atoms with Crippen molar-refractivity contribution in [3.05, 3.63) is 0 Å². The first-order chi connectivity index (χ1) is 7.76. The fourth-order valence-corrected chi connectivity index (χ4v) is 3.21. The highest BCUT2D eigenvalue weighted by Gasteiger charge is 2.15. The molecule has 0 saturated carbocycles. The molecule has 0 aliphatic heterocycles. The predicted molar refractivity (Wildman–Crippen MR) is 79.3 cm³/mol. The van der Waals surface area contributed by atoms with E-state index in [0.29, 0.717) is 0 Å². The van der Waals surface area contributed by atoms with Gasteiger partial charge in [-0.05, 0) is 23.8 Å². The van der Waals surface area contributed by atoms with E-state index in [4.69, 9.17) is 0 Å². The Bertz CT molecular complexity index is 133. The fraction of sp³-hybridized carbons (Fsp3) is 1.00. The van der Waals surface area contributed by atoms with Gasteiger partial charge in [-0.3, -0.25) is 0 Å². The summed E-state index contributed by atoms with van der Waals surface area (Å²) in [6.45, 7) is 7.06. The molecule has 0 aromatic heterocycles. The van der Waals surface area contributed by atoms with Crippen LogP contribution < -0.4 is 0 Å². The third-order valence-corrected chi connectivity index (χ3v) is 4.45.